The van der Waals surface area contributed by atoms with Crippen LogP contribution in [0.15, 0.2) is 42.6 Å². The van der Waals surface area contributed by atoms with Crippen LogP contribution >= 0.6 is 0 Å². The number of carbonyl (C=O) groups is 2. The van der Waals surface area contributed by atoms with Crippen LogP contribution in [0.5, 0.6) is 0 Å². The van der Waals surface area contributed by atoms with Gasteiger partial charge in [0, 0.05) is 11.6 Å². The third-order valence-corrected chi connectivity index (χ3v) is 2.36. The number of carbonyl (C=O) groups excluding carboxylic acids is 1. The van der Waals surface area contributed by atoms with Gasteiger partial charge in [0.2, 0.25) is 0 Å². The van der Waals surface area contributed by atoms with Crippen LogP contribution in [0, 0.1) is 6.92 Å². The molecule has 2 aromatic rings. The zero-order valence-electron chi connectivity index (χ0n) is 10.8. The molecule has 2 rings (SSSR count). The summed E-state index contributed by atoms with van der Waals surface area (Å²) in [5.41, 5.74) is 6.03. The summed E-state index contributed by atoms with van der Waals surface area (Å²) in [6.45, 7) is 2.00. The zero-order valence-corrected chi connectivity index (χ0v) is 10.8. The topological polar surface area (TPSA) is 118 Å². The van der Waals surface area contributed by atoms with Crippen LogP contribution in [0.25, 0.3) is 0 Å². The van der Waals surface area contributed by atoms with E-state index < -0.39 is 11.9 Å². The molecule has 0 unspecified atom stereocenters. The summed E-state index contributed by atoms with van der Waals surface area (Å²) in [6, 6.07) is 9.16. The molecule has 20 heavy (non-hydrogen) atoms. The first-order valence-corrected chi connectivity index (χ1v) is 5.69. The van der Waals surface area contributed by atoms with Gasteiger partial charge in [0.15, 0.2) is 0 Å². The molecule has 0 aliphatic rings. The molecular weight excluding hydrogens is 260 g/mol. The Balaban J connectivity index is 0.000000217. The van der Waals surface area contributed by atoms with Gasteiger partial charge in [-0.15, -0.1) is 0 Å². The molecule has 0 aliphatic heterocycles. The molecule has 6 heteroatoms. The standard InChI is InChI=1S/C8H6O4.C6H8N2/c9-7(10)5-3-1-2-4-6(5)8(11)12;1-5-2-3-8-6(7)4-5/h1-4H,(H,9,10)(H,11,12);2-4H,1H3,(H2,7,8). The molecule has 6 nitrogen and oxygen atoms in total. The molecule has 0 amide bonds. The van der Waals surface area contributed by atoms with Crippen LogP contribution < -0.4 is 15.8 Å². The molecule has 1 heterocycles. The van der Waals surface area contributed by atoms with Gasteiger partial charge in [-0.1, -0.05) is 18.2 Å². The van der Waals surface area contributed by atoms with Gasteiger partial charge in [0.1, 0.15) is 0 Å². The molecule has 104 valence electrons. The van der Waals surface area contributed by atoms with E-state index in [-0.39, 0.29) is 11.1 Å². The molecule has 0 aliphatic carbocycles. The minimum atomic E-state index is -1.48. The molecule has 0 spiro atoms. The lowest BCUT2D eigenvalue weighted by molar-refractivity contribution is -0.360. The number of nitrogens with one attached hydrogen (secondary N) is 1. The van der Waals surface area contributed by atoms with Crippen molar-refractivity contribution < 1.29 is 24.8 Å². The largest absolute Gasteiger partial charge is 0.545 e. The maximum Gasteiger partial charge on any atom is 0.336 e. The second-order valence-electron chi connectivity index (χ2n) is 3.96. The molecule has 0 atom stereocenters. The van der Waals surface area contributed by atoms with E-state index in [9.17, 15) is 14.7 Å². The Labute approximate surface area is 115 Å². The van der Waals surface area contributed by atoms with Crippen molar-refractivity contribution >= 4 is 17.8 Å². The molecule has 0 bridgehead atoms. The van der Waals surface area contributed by atoms with Crippen molar-refractivity contribution in [2.24, 2.45) is 0 Å². The van der Waals surface area contributed by atoms with E-state index in [2.05, 4.69) is 4.98 Å². The van der Waals surface area contributed by atoms with Gasteiger partial charge >= 0.3 is 5.97 Å². The number of aryl methyl sites for hydroxylation is 1. The van der Waals surface area contributed by atoms with E-state index in [4.69, 9.17) is 10.8 Å². The van der Waals surface area contributed by atoms with Gasteiger partial charge in [0.05, 0.1) is 17.7 Å². The van der Waals surface area contributed by atoms with E-state index >= 15 is 0 Å². The molecular formula is C14H14N2O4. The maximum atomic E-state index is 10.4. The van der Waals surface area contributed by atoms with E-state index in [0.717, 1.165) is 0 Å². The van der Waals surface area contributed by atoms with E-state index in [1.54, 1.807) is 0 Å². The lowest BCUT2D eigenvalue weighted by atomic mass is 10.1. The summed E-state index contributed by atoms with van der Waals surface area (Å²) in [5, 5.41) is 18.9. The van der Waals surface area contributed by atoms with Crippen molar-refractivity contribution in [2.45, 2.75) is 6.92 Å². The summed E-state index contributed by atoms with van der Waals surface area (Å²) in [6.07, 6.45) is 1.82. The van der Waals surface area contributed by atoms with Crippen molar-refractivity contribution in [1.82, 2.24) is 0 Å². The van der Waals surface area contributed by atoms with Gasteiger partial charge in [0.25, 0.3) is 5.82 Å². The van der Waals surface area contributed by atoms with Crippen molar-refractivity contribution in [2.75, 3.05) is 5.73 Å². The number of hydrogen-bond donors (Lipinski definition) is 2. The molecule has 0 saturated heterocycles. The van der Waals surface area contributed by atoms with Gasteiger partial charge in [-0.05, 0) is 24.6 Å². The normalized spacial score (nSPS) is 9.25. The first-order chi connectivity index (χ1) is 9.41. The maximum absolute atomic E-state index is 10.4. The Kier molecular flexibility index (Phi) is 5.22. The third kappa shape index (κ3) is 4.41. The molecule has 0 fully saturated rings. The Morgan fingerprint density at radius 1 is 1.20 bits per heavy atom. The number of nitrogens with two attached hydrogens (primary N) is 1. The van der Waals surface area contributed by atoms with Gasteiger partial charge in [-0.2, -0.15) is 0 Å². The van der Waals surface area contributed by atoms with Gasteiger partial charge < -0.3 is 15.0 Å². The van der Waals surface area contributed by atoms with Crippen LogP contribution in [0.3, 0.4) is 0 Å². The Hall–Kier alpha value is -2.89. The lowest BCUT2D eigenvalue weighted by Crippen LogP contribution is -2.24. The Morgan fingerprint density at radius 2 is 1.80 bits per heavy atom. The number of benzene rings is 1. The Morgan fingerprint density at radius 3 is 2.15 bits per heavy atom. The van der Waals surface area contributed by atoms with E-state index in [0.29, 0.717) is 5.82 Å². The number of rotatable bonds is 2. The molecule has 1 aromatic carbocycles. The van der Waals surface area contributed by atoms with E-state index in [1.807, 2.05) is 25.3 Å². The van der Waals surface area contributed by atoms with Gasteiger partial charge in [-0.25, -0.2) is 9.78 Å². The van der Waals surface area contributed by atoms with Crippen molar-refractivity contribution in [3.8, 4) is 0 Å². The van der Waals surface area contributed by atoms with Crippen molar-refractivity contribution in [1.29, 1.82) is 0 Å². The van der Waals surface area contributed by atoms with Crippen LogP contribution in [0.4, 0.5) is 5.82 Å². The van der Waals surface area contributed by atoms with Crippen LogP contribution in [-0.4, -0.2) is 17.0 Å². The average molecular weight is 274 g/mol. The number of aromatic amines is 1. The number of aromatic nitrogens is 1. The number of aromatic carboxylic acids is 2. The zero-order chi connectivity index (χ0) is 15.1. The first-order valence-electron chi connectivity index (χ1n) is 5.69. The SMILES string of the molecule is Cc1cc[nH+]c(N)c1.O=C([O-])c1ccccc1C(=O)O. The predicted molar refractivity (Wildman–Crippen MR) is 69.9 cm³/mol. The lowest BCUT2D eigenvalue weighted by Gasteiger charge is -2.04. The summed E-state index contributed by atoms with van der Waals surface area (Å²) in [4.78, 5) is 23.6. The Bertz CT molecular complexity index is 576. The summed E-state index contributed by atoms with van der Waals surface area (Å²) in [7, 11) is 0. The number of anilines is 1. The quantitative estimate of drug-likeness (QED) is 0.807. The summed E-state index contributed by atoms with van der Waals surface area (Å²) in [5.74, 6) is -2.03. The van der Waals surface area contributed by atoms with Crippen LogP contribution in [-0.2, 0) is 0 Å². The highest BCUT2D eigenvalue weighted by Crippen LogP contribution is 2.06. The van der Waals surface area contributed by atoms with Crippen molar-refractivity contribution in [3.63, 3.8) is 0 Å². The number of H-pyrrole nitrogens is 1. The minimum absolute atomic E-state index is 0.252. The fraction of sp³-hybridized carbons (Fsp3) is 0.0714. The number of carboxylic acid groups (broad SMARTS) is 2. The number of hydrogen-bond acceptors (Lipinski definition) is 4. The number of carboxylic acids is 2. The summed E-state index contributed by atoms with van der Waals surface area (Å²) < 4.78 is 0. The average Bonchev–Trinajstić information content (AvgIpc) is 2.39. The van der Waals surface area contributed by atoms with Crippen LogP contribution in [0.2, 0.25) is 0 Å². The fourth-order valence-corrected chi connectivity index (χ4v) is 1.45. The monoisotopic (exact) mass is 274 g/mol. The smallest absolute Gasteiger partial charge is 0.336 e. The first kappa shape index (κ1) is 15.2. The second-order valence-corrected chi connectivity index (χ2v) is 3.96. The highest BCUT2D eigenvalue weighted by atomic mass is 16.4. The molecule has 4 N–H and O–H groups in total. The third-order valence-electron chi connectivity index (χ3n) is 2.36. The summed E-state index contributed by atoms with van der Waals surface area (Å²) >= 11 is 0. The second kappa shape index (κ2) is 6.89. The fourth-order valence-electron chi connectivity index (χ4n) is 1.45. The van der Waals surface area contributed by atoms with Crippen molar-refractivity contribution in [3.05, 3.63) is 59.3 Å². The molecule has 0 saturated carbocycles. The minimum Gasteiger partial charge on any atom is -0.545 e. The molecule has 0 radical (unpaired) electrons. The highest BCUT2D eigenvalue weighted by molar-refractivity contribution is 6.00. The van der Waals surface area contributed by atoms with Gasteiger partial charge in [-0.3, -0.25) is 5.73 Å². The molecule has 1 aromatic heterocycles. The van der Waals surface area contributed by atoms with E-state index in [1.165, 1.54) is 29.8 Å². The number of pyridine rings is 1. The number of nitrogen functional groups attached to an aromatic ring is 1. The van der Waals surface area contributed by atoms with Crippen LogP contribution in [0.1, 0.15) is 26.3 Å². The highest BCUT2D eigenvalue weighted by Gasteiger charge is 2.08. The predicted octanol–water partition coefficient (Wildman–Crippen LogP) is 0.140.